The summed E-state index contributed by atoms with van der Waals surface area (Å²) in [6.45, 7) is 7.18. The molecular formula is C15H19N5O2. The molecule has 1 amide bonds. The maximum atomic E-state index is 12.1. The molecule has 0 saturated carbocycles. The Morgan fingerprint density at radius 3 is 2.82 bits per heavy atom. The van der Waals surface area contributed by atoms with Gasteiger partial charge in [0.05, 0.1) is 31.0 Å². The molecular weight excluding hydrogens is 282 g/mol. The lowest BCUT2D eigenvalue weighted by atomic mass is 10.2. The van der Waals surface area contributed by atoms with Gasteiger partial charge in [-0.1, -0.05) is 0 Å². The third-order valence-corrected chi connectivity index (χ3v) is 3.23. The molecule has 3 heterocycles. The number of rotatable bonds is 2. The van der Waals surface area contributed by atoms with Crippen molar-refractivity contribution in [2.24, 2.45) is 0 Å². The van der Waals surface area contributed by atoms with Crippen LogP contribution < -0.4 is 0 Å². The van der Waals surface area contributed by atoms with E-state index in [2.05, 4.69) is 15.3 Å². The van der Waals surface area contributed by atoms with Gasteiger partial charge in [0.1, 0.15) is 5.60 Å². The van der Waals surface area contributed by atoms with E-state index in [0.717, 1.165) is 17.0 Å². The molecule has 0 unspecified atom stereocenters. The molecule has 0 aromatic carbocycles. The van der Waals surface area contributed by atoms with Crippen molar-refractivity contribution >= 4 is 6.09 Å². The van der Waals surface area contributed by atoms with Crippen LogP contribution in [0.5, 0.6) is 0 Å². The van der Waals surface area contributed by atoms with Crippen LogP contribution in [0.4, 0.5) is 4.79 Å². The second-order valence-electron chi connectivity index (χ2n) is 6.35. The molecule has 7 nitrogen and oxygen atoms in total. The summed E-state index contributed by atoms with van der Waals surface area (Å²) < 4.78 is 7.22. The normalized spacial score (nSPS) is 14.0. The lowest BCUT2D eigenvalue weighted by Crippen LogP contribution is -2.33. The van der Waals surface area contributed by atoms with Gasteiger partial charge < -0.3 is 4.74 Å². The average Bonchev–Trinajstić information content (AvgIpc) is 2.96. The van der Waals surface area contributed by atoms with Gasteiger partial charge in [-0.15, -0.1) is 0 Å². The van der Waals surface area contributed by atoms with Gasteiger partial charge in [-0.2, -0.15) is 15.3 Å². The van der Waals surface area contributed by atoms with Gasteiger partial charge in [-0.25, -0.2) is 4.79 Å². The Hall–Kier alpha value is -2.44. The standard InChI is InChI=1S/C15H19N5O2/c1-15(2,3)22-14(21)19-7-11-8-20(18-13(11)10-19)9-12-5-4-6-16-17-12/h4-6,8H,7,9-10H2,1-3H3. The number of aromatic nitrogens is 4. The number of carbonyl (C=O) groups excluding carboxylic acids is 1. The first-order chi connectivity index (χ1) is 10.4. The van der Waals surface area contributed by atoms with E-state index in [-0.39, 0.29) is 6.09 Å². The van der Waals surface area contributed by atoms with Gasteiger partial charge in [0.2, 0.25) is 0 Å². The van der Waals surface area contributed by atoms with Crippen molar-refractivity contribution in [2.75, 3.05) is 0 Å². The number of carbonyl (C=O) groups is 1. The summed E-state index contributed by atoms with van der Waals surface area (Å²) in [6.07, 6.45) is 3.30. The zero-order valence-electron chi connectivity index (χ0n) is 13.0. The number of nitrogens with zero attached hydrogens (tertiary/aromatic N) is 5. The average molecular weight is 301 g/mol. The molecule has 2 aromatic rings. The number of ether oxygens (including phenoxy) is 1. The molecule has 3 rings (SSSR count). The van der Waals surface area contributed by atoms with E-state index in [1.54, 1.807) is 11.1 Å². The highest BCUT2D eigenvalue weighted by Crippen LogP contribution is 2.23. The maximum absolute atomic E-state index is 12.1. The summed E-state index contributed by atoms with van der Waals surface area (Å²) in [5.41, 5.74) is 2.33. The highest BCUT2D eigenvalue weighted by molar-refractivity contribution is 5.69. The highest BCUT2D eigenvalue weighted by atomic mass is 16.6. The first kappa shape index (κ1) is 14.5. The second kappa shape index (κ2) is 5.40. The van der Waals surface area contributed by atoms with Crippen LogP contribution >= 0.6 is 0 Å². The number of hydrogen-bond donors (Lipinski definition) is 0. The fraction of sp³-hybridized carbons (Fsp3) is 0.467. The van der Waals surface area contributed by atoms with E-state index in [1.807, 2.05) is 43.8 Å². The van der Waals surface area contributed by atoms with Crippen molar-refractivity contribution in [1.29, 1.82) is 0 Å². The van der Waals surface area contributed by atoms with Gasteiger partial charge in [-0.05, 0) is 32.9 Å². The molecule has 1 aliphatic rings. The van der Waals surface area contributed by atoms with E-state index in [0.29, 0.717) is 19.6 Å². The molecule has 0 spiro atoms. The summed E-state index contributed by atoms with van der Waals surface area (Å²) in [5, 5.41) is 12.4. The Balaban J connectivity index is 1.64. The number of fused-ring (bicyclic) bond motifs is 1. The first-order valence-electron chi connectivity index (χ1n) is 7.20. The van der Waals surface area contributed by atoms with Crippen molar-refractivity contribution < 1.29 is 9.53 Å². The summed E-state index contributed by atoms with van der Waals surface area (Å²) in [6, 6.07) is 3.76. The molecule has 0 N–H and O–H groups in total. The predicted octanol–water partition coefficient (Wildman–Crippen LogP) is 1.97. The number of hydrogen-bond acceptors (Lipinski definition) is 5. The Bertz CT molecular complexity index is 651. The Morgan fingerprint density at radius 2 is 2.18 bits per heavy atom. The van der Waals surface area contributed by atoms with Gasteiger partial charge in [0.25, 0.3) is 0 Å². The molecule has 116 valence electrons. The largest absolute Gasteiger partial charge is 0.444 e. The van der Waals surface area contributed by atoms with Crippen molar-refractivity contribution in [2.45, 2.75) is 46.0 Å². The van der Waals surface area contributed by atoms with E-state index < -0.39 is 5.60 Å². The fourth-order valence-electron chi connectivity index (χ4n) is 2.33. The van der Waals surface area contributed by atoms with Crippen LogP contribution in [0.2, 0.25) is 0 Å². The molecule has 2 aromatic heterocycles. The van der Waals surface area contributed by atoms with Crippen LogP contribution in [-0.2, 0) is 24.4 Å². The quantitative estimate of drug-likeness (QED) is 0.848. The van der Waals surface area contributed by atoms with Crippen LogP contribution in [0.3, 0.4) is 0 Å². The van der Waals surface area contributed by atoms with Gasteiger partial charge in [0.15, 0.2) is 0 Å². The van der Waals surface area contributed by atoms with Gasteiger partial charge in [0, 0.05) is 18.0 Å². The lowest BCUT2D eigenvalue weighted by molar-refractivity contribution is 0.0239. The highest BCUT2D eigenvalue weighted by Gasteiger charge is 2.29. The Kier molecular flexibility index (Phi) is 3.56. The minimum absolute atomic E-state index is 0.300. The molecule has 7 heteroatoms. The topological polar surface area (TPSA) is 73.1 Å². The molecule has 22 heavy (non-hydrogen) atoms. The van der Waals surface area contributed by atoms with Crippen molar-refractivity contribution in [3.05, 3.63) is 41.5 Å². The molecule has 0 aliphatic carbocycles. The van der Waals surface area contributed by atoms with E-state index >= 15 is 0 Å². The summed E-state index contributed by atoms with van der Waals surface area (Å²) in [4.78, 5) is 13.7. The van der Waals surface area contributed by atoms with Crippen LogP contribution in [0, 0.1) is 0 Å². The van der Waals surface area contributed by atoms with Crippen LogP contribution in [-0.4, -0.2) is 36.6 Å². The van der Waals surface area contributed by atoms with E-state index in [9.17, 15) is 4.79 Å². The lowest BCUT2D eigenvalue weighted by Gasteiger charge is -2.24. The minimum Gasteiger partial charge on any atom is -0.444 e. The van der Waals surface area contributed by atoms with Crippen molar-refractivity contribution in [3.8, 4) is 0 Å². The maximum Gasteiger partial charge on any atom is 0.410 e. The van der Waals surface area contributed by atoms with Crippen molar-refractivity contribution in [1.82, 2.24) is 24.9 Å². The number of amides is 1. The monoisotopic (exact) mass is 301 g/mol. The third kappa shape index (κ3) is 3.24. The summed E-state index contributed by atoms with van der Waals surface area (Å²) in [5.74, 6) is 0. The predicted molar refractivity (Wildman–Crippen MR) is 78.8 cm³/mol. The second-order valence-corrected chi connectivity index (χ2v) is 6.35. The zero-order chi connectivity index (χ0) is 15.7. The molecule has 0 saturated heterocycles. The minimum atomic E-state index is -0.483. The molecule has 0 fully saturated rings. The van der Waals surface area contributed by atoms with E-state index in [1.165, 1.54) is 0 Å². The summed E-state index contributed by atoms with van der Waals surface area (Å²) in [7, 11) is 0. The molecule has 0 radical (unpaired) electrons. The fourth-order valence-corrected chi connectivity index (χ4v) is 2.33. The smallest absolute Gasteiger partial charge is 0.410 e. The van der Waals surface area contributed by atoms with Crippen molar-refractivity contribution in [3.63, 3.8) is 0 Å². The molecule has 0 atom stereocenters. The SMILES string of the molecule is CC(C)(C)OC(=O)N1Cc2cn(Cc3cccnn3)nc2C1. The molecule has 0 bridgehead atoms. The van der Waals surface area contributed by atoms with Gasteiger partial charge in [-0.3, -0.25) is 9.58 Å². The Labute approximate surface area is 128 Å². The van der Waals surface area contributed by atoms with Crippen LogP contribution in [0.15, 0.2) is 24.5 Å². The first-order valence-corrected chi connectivity index (χ1v) is 7.20. The third-order valence-electron chi connectivity index (χ3n) is 3.23. The summed E-state index contributed by atoms with van der Waals surface area (Å²) >= 11 is 0. The van der Waals surface area contributed by atoms with E-state index in [4.69, 9.17) is 4.74 Å². The van der Waals surface area contributed by atoms with Gasteiger partial charge >= 0.3 is 6.09 Å². The van der Waals surface area contributed by atoms with Crippen LogP contribution in [0.25, 0.3) is 0 Å². The van der Waals surface area contributed by atoms with Crippen LogP contribution in [0.1, 0.15) is 37.7 Å². The zero-order valence-corrected chi connectivity index (χ0v) is 13.0. The Morgan fingerprint density at radius 1 is 1.36 bits per heavy atom. The molecule has 1 aliphatic heterocycles.